The third-order valence-corrected chi connectivity index (χ3v) is 1.08. The van der Waals surface area contributed by atoms with E-state index >= 15 is 0 Å². The van der Waals surface area contributed by atoms with Gasteiger partial charge in [0.15, 0.2) is 0 Å². The summed E-state index contributed by atoms with van der Waals surface area (Å²) in [7, 11) is 0. The molecule has 0 bridgehead atoms. The van der Waals surface area contributed by atoms with Gasteiger partial charge in [0.2, 0.25) is 16.4 Å². The highest BCUT2D eigenvalue weighted by atomic mass is 35.5. The fourth-order valence-electron chi connectivity index (χ4n) is 0.387. The zero-order valence-electron chi connectivity index (χ0n) is 4.30. The Hall–Kier alpha value is -0.960. The van der Waals surface area contributed by atoms with Crippen molar-refractivity contribution in [2.75, 3.05) is 0 Å². The summed E-state index contributed by atoms with van der Waals surface area (Å²) in [6, 6.07) is 1.08. The molecule has 0 radical (unpaired) electrons. The lowest BCUT2D eigenvalue weighted by Crippen LogP contribution is -1.95. The average Bonchev–Trinajstić information content (AvgIpc) is 1.83. The minimum atomic E-state index is -0.542. The average molecular weight is 147 g/mol. The first kappa shape index (κ1) is 6.16. The molecule has 48 valence electrons. The Morgan fingerprint density at radius 2 is 2.33 bits per heavy atom. The van der Waals surface area contributed by atoms with Crippen LogP contribution in [0.15, 0.2) is 21.5 Å². The van der Waals surface area contributed by atoms with E-state index in [9.17, 15) is 4.79 Å². The van der Waals surface area contributed by atoms with Gasteiger partial charge in [-0.2, -0.15) is 0 Å². The summed E-state index contributed by atoms with van der Waals surface area (Å²) in [6.45, 7) is 0. The Kier molecular flexibility index (Phi) is 1.44. The summed E-state index contributed by atoms with van der Waals surface area (Å²) >= 11 is 5.20. The van der Waals surface area contributed by atoms with Crippen LogP contribution in [0.3, 0.4) is 0 Å². The van der Waals surface area contributed by atoms with Gasteiger partial charge in [0.05, 0.1) is 6.26 Å². The van der Waals surface area contributed by atoms with Gasteiger partial charge in [0.25, 0.3) is 0 Å². The van der Waals surface area contributed by atoms with Crippen LogP contribution < -0.4 is 5.43 Å². The van der Waals surface area contributed by atoms with Gasteiger partial charge in [0, 0.05) is 6.07 Å². The second kappa shape index (κ2) is 2.11. The third kappa shape index (κ3) is 1.05. The molecular weight excluding hydrogens is 144 g/mol. The third-order valence-electron chi connectivity index (χ3n) is 0.810. The Labute approximate surface area is 55.5 Å². The van der Waals surface area contributed by atoms with Gasteiger partial charge in [-0.05, 0) is 11.6 Å². The Morgan fingerprint density at radius 3 is 2.78 bits per heavy atom. The maximum atomic E-state index is 10.4. The number of hydrogen-bond acceptors (Lipinski definition) is 3. The first-order valence-electron chi connectivity index (χ1n) is 2.18. The summed E-state index contributed by atoms with van der Waals surface area (Å²) in [4.78, 5) is 10.4. The minimum absolute atomic E-state index is 0.275. The van der Waals surface area contributed by atoms with Gasteiger partial charge < -0.3 is 9.52 Å². The van der Waals surface area contributed by atoms with Gasteiger partial charge in [-0.3, -0.25) is 4.79 Å². The van der Waals surface area contributed by atoms with Crippen molar-refractivity contribution in [1.82, 2.24) is 0 Å². The zero-order chi connectivity index (χ0) is 6.85. The first-order chi connectivity index (χ1) is 4.22. The highest BCUT2D eigenvalue weighted by molar-refractivity contribution is 6.30. The molecule has 0 amide bonds. The van der Waals surface area contributed by atoms with E-state index in [4.69, 9.17) is 16.7 Å². The lowest BCUT2D eigenvalue weighted by Gasteiger charge is -1.88. The van der Waals surface area contributed by atoms with E-state index < -0.39 is 11.2 Å². The maximum absolute atomic E-state index is 10.4. The Bertz CT molecular complexity index is 265. The molecule has 0 fully saturated rings. The molecule has 3 nitrogen and oxygen atoms in total. The van der Waals surface area contributed by atoms with E-state index in [0.717, 1.165) is 12.3 Å². The molecule has 9 heavy (non-hydrogen) atoms. The van der Waals surface area contributed by atoms with Crippen molar-refractivity contribution >= 4 is 11.6 Å². The van der Waals surface area contributed by atoms with Crippen LogP contribution in [0.2, 0.25) is 5.22 Å². The predicted molar refractivity (Wildman–Crippen MR) is 31.7 cm³/mol. The molecular formula is C5H3ClO3. The first-order valence-corrected chi connectivity index (χ1v) is 2.56. The second-order valence-electron chi connectivity index (χ2n) is 1.41. The van der Waals surface area contributed by atoms with Crippen LogP contribution in [0.1, 0.15) is 0 Å². The van der Waals surface area contributed by atoms with E-state index in [0.29, 0.717) is 0 Å². The highest BCUT2D eigenvalue weighted by Crippen LogP contribution is 2.15. The molecule has 0 saturated heterocycles. The standard InChI is InChI=1S/C5H3ClO3/c6-5-4(8)3(7)1-2-9-5/h1-2,8H. The molecule has 1 N–H and O–H groups in total. The minimum Gasteiger partial charge on any atom is -0.501 e. The smallest absolute Gasteiger partial charge is 0.239 e. The highest BCUT2D eigenvalue weighted by Gasteiger charge is 2.01. The van der Waals surface area contributed by atoms with E-state index in [1.165, 1.54) is 0 Å². The van der Waals surface area contributed by atoms with Gasteiger partial charge in [-0.15, -0.1) is 0 Å². The number of rotatable bonds is 0. The largest absolute Gasteiger partial charge is 0.501 e. The van der Waals surface area contributed by atoms with Crippen LogP contribution in [0.5, 0.6) is 5.75 Å². The summed E-state index contributed by atoms with van der Waals surface area (Å²) in [5.74, 6) is -0.542. The van der Waals surface area contributed by atoms with Crippen LogP contribution in [-0.2, 0) is 0 Å². The van der Waals surface area contributed by atoms with E-state index in [1.807, 2.05) is 0 Å². The van der Waals surface area contributed by atoms with Crippen molar-refractivity contribution in [1.29, 1.82) is 0 Å². The topological polar surface area (TPSA) is 50.4 Å². The molecule has 0 unspecified atom stereocenters. The predicted octanol–water partition coefficient (Wildman–Crippen LogP) is 0.999. The summed E-state index contributed by atoms with van der Waals surface area (Å²) < 4.78 is 4.45. The van der Waals surface area contributed by atoms with E-state index in [2.05, 4.69) is 4.42 Å². The van der Waals surface area contributed by atoms with Crippen LogP contribution in [0.25, 0.3) is 0 Å². The molecule has 0 aromatic carbocycles. The molecule has 1 heterocycles. The zero-order valence-corrected chi connectivity index (χ0v) is 5.05. The van der Waals surface area contributed by atoms with Crippen molar-refractivity contribution in [2.24, 2.45) is 0 Å². The second-order valence-corrected chi connectivity index (χ2v) is 1.75. The van der Waals surface area contributed by atoms with Crippen molar-refractivity contribution in [2.45, 2.75) is 0 Å². The lowest BCUT2D eigenvalue weighted by atomic mass is 10.5. The summed E-state index contributed by atoms with van der Waals surface area (Å²) in [5.41, 5.74) is -0.536. The van der Waals surface area contributed by atoms with Gasteiger partial charge >= 0.3 is 0 Å². The van der Waals surface area contributed by atoms with Crippen molar-refractivity contribution in [3.8, 4) is 5.75 Å². The van der Waals surface area contributed by atoms with E-state index in [-0.39, 0.29) is 5.22 Å². The number of halogens is 1. The van der Waals surface area contributed by atoms with Crippen LogP contribution in [0.4, 0.5) is 0 Å². The van der Waals surface area contributed by atoms with Gasteiger partial charge in [0.1, 0.15) is 0 Å². The Morgan fingerprint density at radius 1 is 1.67 bits per heavy atom. The molecule has 0 saturated carbocycles. The van der Waals surface area contributed by atoms with E-state index in [1.54, 1.807) is 0 Å². The molecule has 1 aromatic heterocycles. The SMILES string of the molecule is O=c1ccoc(Cl)c1O. The quantitative estimate of drug-likeness (QED) is 0.594. The fourth-order valence-corrected chi connectivity index (χ4v) is 0.532. The van der Waals surface area contributed by atoms with Gasteiger partial charge in [-0.1, -0.05) is 0 Å². The van der Waals surface area contributed by atoms with Crippen molar-refractivity contribution < 1.29 is 9.52 Å². The van der Waals surface area contributed by atoms with Crippen molar-refractivity contribution in [3.05, 3.63) is 27.8 Å². The van der Waals surface area contributed by atoms with Crippen LogP contribution in [0, 0.1) is 0 Å². The molecule has 4 heteroatoms. The summed E-state index contributed by atoms with van der Waals surface area (Å²) in [6.07, 6.45) is 1.12. The maximum Gasteiger partial charge on any atom is 0.239 e. The molecule has 0 aliphatic carbocycles. The normalized spacial score (nSPS) is 9.44. The molecule has 0 atom stereocenters. The molecule has 1 rings (SSSR count). The summed E-state index contributed by atoms with van der Waals surface area (Å²) in [5, 5.41) is 8.39. The fraction of sp³-hybridized carbons (Fsp3) is 0. The molecule has 0 spiro atoms. The Balaban J connectivity index is 3.43. The van der Waals surface area contributed by atoms with Crippen LogP contribution >= 0.6 is 11.6 Å². The van der Waals surface area contributed by atoms with Crippen molar-refractivity contribution in [3.63, 3.8) is 0 Å². The molecule has 1 aromatic rings. The molecule has 0 aliphatic rings. The number of hydrogen-bond donors (Lipinski definition) is 1. The lowest BCUT2D eigenvalue weighted by molar-refractivity contribution is 0.430. The number of aromatic hydroxyl groups is 1. The molecule has 0 aliphatic heterocycles. The monoisotopic (exact) mass is 146 g/mol. The van der Waals surface area contributed by atoms with Gasteiger partial charge in [-0.25, -0.2) is 0 Å². The van der Waals surface area contributed by atoms with Crippen LogP contribution in [-0.4, -0.2) is 5.11 Å².